The number of benzene rings is 1. The van der Waals surface area contributed by atoms with Gasteiger partial charge in [-0.2, -0.15) is 0 Å². The summed E-state index contributed by atoms with van der Waals surface area (Å²) >= 11 is 11.9. The quantitative estimate of drug-likeness (QED) is 0.811. The van der Waals surface area contributed by atoms with Gasteiger partial charge in [-0.3, -0.25) is 4.79 Å². The number of fused-ring (bicyclic) bond motifs is 1. The zero-order valence-electron chi connectivity index (χ0n) is 10.9. The van der Waals surface area contributed by atoms with Crippen molar-refractivity contribution in [3.05, 3.63) is 27.7 Å². The molecule has 4 nitrogen and oxygen atoms in total. The van der Waals surface area contributed by atoms with Crippen molar-refractivity contribution in [3.63, 3.8) is 0 Å². The highest BCUT2D eigenvalue weighted by Gasteiger charge is 2.38. The molecule has 0 bridgehead atoms. The highest BCUT2D eigenvalue weighted by Crippen LogP contribution is 2.33. The fraction of sp³-hybridized carbons (Fsp3) is 0.500. The maximum absolute atomic E-state index is 12.7. The highest BCUT2D eigenvalue weighted by atomic mass is 35.5. The van der Waals surface area contributed by atoms with Gasteiger partial charge in [0.1, 0.15) is 0 Å². The van der Waals surface area contributed by atoms with E-state index in [2.05, 4.69) is 0 Å². The lowest BCUT2D eigenvalue weighted by Crippen LogP contribution is -2.51. The summed E-state index contributed by atoms with van der Waals surface area (Å²) in [6, 6.07) is 3.35. The molecule has 1 saturated heterocycles. The molecule has 20 heavy (non-hydrogen) atoms. The highest BCUT2D eigenvalue weighted by molar-refractivity contribution is 6.43. The Hall–Kier alpha value is -0.970. The Bertz CT molecular complexity index is 527. The third-order valence-electron chi connectivity index (χ3n) is 4.05. The number of nitrogens with two attached hydrogens (primary N) is 1. The smallest absolute Gasteiger partial charge is 0.254 e. The van der Waals surface area contributed by atoms with Gasteiger partial charge in [0, 0.05) is 12.1 Å². The topological polar surface area (TPSA) is 55.6 Å². The molecule has 0 aromatic heterocycles. The number of nitrogen functional groups attached to an aromatic ring is 1. The minimum atomic E-state index is -0.0459. The fourth-order valence-electron chi connectivity index (χ4n) is 3.08. The molecular formula is C14H16Cl2N2O2. The minimum absolute atomic E-state index is 0.0459. The van der Waals surface area contributed by atoms with E-state index in [1.165, 1.54) is 0 Å². The summed E-state index contributed by atoms with van der Waals surface area (Å²) < 4.78 is 5.72. The van der Waals surface area contributed by atoms with Gasteiger partial charge < -0.3 is 15.4 Å². The summed E-state index contributed by atoms with van der Waals surface area (Å²) in [5, 5.41) is 0.607. The van der Waals surface area contributed by atoms with Crippen LogP contribution in [0.2, 0.25) is 10.0 Å². The molecular weight excluding hydrogens is 299 g/mol. The number of hydrogen-bond acceptors (Lipinski definition) is 3. The van der Waals surface area contributed by atoms with Gasteiger partial charge in [-0.1, -0.05) is 23.2 Å². The number of morpholine rings is 1. The monoisotopic (exact) mass is 314 g/mol. The van der Waals surface area contributed by atoms with Crippen LogP contribution in [-0.4, -0.2) is 36.1 Å². The first-order chi connectivity index (χ1) is 9.58. The Morgan fingerprint density at radius 3 is 2.90 bits per heavy atom. The number of ether oxygens (including phenoxy) is 1. The molecule has 1 aromatic carbocycles. The molecule has 108 valence electrons. The lowest BCUT2D eigenvalue weighted by molar-refractivity contribution is -0.0445. The number of hydrogen-bond donors (Lipinski definition) is 1. The average molecular weight is 315 g/mol. The van der Waals surface area contributed by atoms with Gasteiger partial charge in [-0.15, -0.1) is 0 Å². The van der Waals surface area contributed by atoms with E-state index in [1.54, 1.807) is 12.1 Å². The van der Waals surface area contributed by atoms with Gasteiger partial charge in [-0.05, 0) is 31.4 Å². The van der Waals surface area contributed by atoms with Gasteiger partial charge in [-0.25, -0.2) is 0 Å². The molecule has 1 aromatic rings. The average Bonchev–Trinajstić information content (AvgIpc) is 2.91. The van der Waals surface area contributed by atoms with Crippen molar-refractivity contribution in [1.82, 2.24) is 4.90 Å². The Morgan fingerprint density at radius 2 is 2.15 bits per heavy atom. The summed E-state index contributed by atoms with van der Waals surface area (Å²) in [6.07, 6.45) is 3.29. The predicted octanol–water partition coefficient (Wildman–Crippen LogP) is 2.97. The molecule has 2 unspecified atom stereocenters. The van der Waals surface area contributed by atoms with Crippen molar-refractivity contribution < 1.29 is 9.53 Å². The first kappa shape index (κ1) is 14.0. The van der Waals surface area contributed by atoms with Gasteiger partial charge in [0.25, 0.3) is 5.91 Å². The van der Waals surface area contributed by atoms with Crippen LogP contribution in [0.25, 0.3) is 0 Å². The molecule has 2 aliphatic rings. The number of rotatable bonds is 1. The molecule has 0 spiro atoms. The molecule has 6 heteroatoms. The summed E-state index contributed by atoms with van der Waals surface area (Å²) in [5.41, 5.74) is 6.61. The zero-order chi connectivity index (χ0) is 14.3. The molecule has 0 radical (unpaired) electrons. The molecule has 3 rings (SSSR count). The standard InChI is InChI=1S/C14H16Cl2N2O2/c15-9-6-8(7-10(17)13(9)16)14(19)18-4-5-20-12-3-1-2-11(12)18/h6-7,11-12H,1-5,17H2. The maximum atomic E-state index is 12.7. The van der Waals surface area contributed by atoms with Crippen molar-refractivity contribution in [2.45, 2.75) is 31.4 Å². The summed E-state index contributed by atoms with van der Waals surface area (Å²) in [4.78, 5) is 14.6. The van der Waals surface area contributed by atoms with E-state index in [-0.39, 0.29) is 18.1 Å². The second-order valence-electron chi connectivity index (χ2n) is 5.27. The van der Waals surface area contributed by atoms with E-state index in [1.807, 2.05) is 4.90 Å². The van der Waals surface area contributed by atoms with Crippen LogP contribution in [0.5, 0.6) is 0 Å². The second-order valence-corrected chi connectivity index (χ2v) is 6.05. The largest absolute Gasteiger partial charge is 0.397 e. The molecule has 2 N–H and O–H groups in total. The number of amides is 1. The Morgan fingerprint density at radius 1 is 1.35 bits per heavy atom. The number of nitrogens with zero attached hydrogens (tertiary/aromatic N) is 1. The first-order valence-electron chi connectivity index (χ1n) is 6.75. The number of carbonyl (C=O) groups is 1. The lowest BCUT2D eigenvalue weighted by atomic mass is 10.1. The van der Waals surface area contributed by atoms with Crippen LogP contribution in [0.1, 0.15) is 29.6 Å². The van der Waals surface area contributed by atoms with Crippen LogP contribution < -0.4 is 5.73 Å². The number of halogens is 2. The van der Waals surface area contributed by atoms with E-state index in [0.29, 0.717) is 34.4 Å². The minimum Gasteiger partial charge on any atom is -0.397 e. The van der Waals surface area contributed by atoms with Crippen LogP contribution in [0.15, 0.2) is 12.1 Å². The predicted molar refractivity (Wildman–Crippen MR) is 79.3 cm³/mol. The molecule has 1 aliphatic carbocycles. The SMILES string of the molecule is Nc1cc(C(=O)N2CCOC3CCCC32)cc(Cl)c1Cl. The molecule has 1 aliphatic heterocycles. The van der Waals surface area contributed by atoms with Crippen molar-refractivity contribution in [3.8, 4) is 0 Å². The molecule has 2 atom stereocenters. The van der Waals surface area contributed by atoms with Crippen LogP contribution in [-0.2, 0) is 4.74 Å². The third kappa shape index (κ3) is 2.36. The fourth-order valence-corrected chi connectivity index (χ4v) is 3.41. The first-order valence-corrected chi connectivity index (χ1v) is 7.50. The maximum Gasteiger partial charge on any atom is 0.254 e. The van der Waals surface area contributed by atoms with Crippen molar-refractivity contribution in [2.24, 2.45) is 0 Å². The van der Waals surface area contributed by atoms with Crippen molar-refractivity contribution in [1.29, 1.82) is 0 Å². The van der Waals surface area contributed by atoms with Crippen molar-refractivity contribution in [2.75, 3.05) is 18.9 Å². The van der Waals surface area contributed by atoms with Crippen LogP contribution >= 0.6 is 23.2 Å². The van der Waals surface area contributed by atoms with Crippen LogP contribution in [0, 0.1) is 0 Å². The summed E-state index contributed by atoms with van der Waals surface area (Å²) in [7, 11) is 0. The molecule has 1 heterocycles. The Labute approximate surface area is 127 Å². The summed E-state index contributed by atoms with van der Waals surface area (Å²) in [6.45, 7) is 1.20. The van der Waals surface area contributed by atoms with E-state index < -0.39 is 0 Å². The van der Waals surface area contributed by atoms with E-state index in [0.717, 1.165) is 19.3 Å². The molecule has 2 fully saturated rings. The normalized spacial score (nSPS) is 25.6. The zero-order valence-corrected chi connectivity index (χ0v) is 12.5. The van der Waals surface area contributed by atoms with Gasteiger partial charge >= 0.3 is 0 Å². The summed E-state index contributed by atoms with van der Waals surface area (Å²) in [5.74, 6) is -0.0459. The number of anilines is 1. The van der Waals surface area contributed by atoms with Gasteiger partial charge in [0.2, 0.25) is 0 Å². The van der Waals surface area contributed by atoms with Gasteiger partial charge in [0.05, 0.1) is 34.5 Å². The van der Waals surface area contributed by atoms with E-state index >= 15 is 0 Å². The number of carbonyl (C=O) groups excluding carboxylic acids is 1. The van der Waals surface area contributed by atoms with Gasteiger partial charge in [0.15, 0.2) is 0 Å². The van der Waals surface area contributed by atoms with Crippen LogP contribution in [0.3, 0.4) is 0 Å². The van der Waals surface area contributed by atoms with Crippen LogP contribution in [0.4, 0.5) is 5.69 Å². The van der Waals surface area contributed by atoms with Crippen molar-refractivity contribution >= 4 is 34.8 Å². The molecule has 1 amide bonds. The van der Waals surface area contributed by atoms with E-state index in [9.17, 15) is 4.79 Å². The second kappa shape index (κ2) is 5.43. The van der Waals surface area contributed by atoms with E-state index in [4.69, 9.17) is 33.7 Å². The Balaban J connectivity index is 1.88. The Kier molecular flexibility index (Phi) is 3.80. The molecule has 1 saturated carbocycles. The third-order valence-corrected chi connectivity index (χ3v) is 4.86. The lowest BCUT2D eigenvalue weighted by Gasteiger charge is -2.37.